The van der Waals surface area contributed by atoms with Gasteiger partial charge in [0.25, 0.3) is 0 Å². The van der Waals surface area contributed by atoms with Gasteiger partial charge in [0.15, 0.2) is 0 Å². The molecule has 0 N–H and O–H groups in total. The molecule has 126 valence electrons. The molecule has 2 bridgehead atoms. The maximum Gasteiger partial charge on any atom is -0.00851 e. The van der Waals surface area contributed by atoms with E-state index in [1.165, 1.54) is 51.4 Å². The second-order valence-corrected chi connectivity index (χ2v) is 8.60. The van der Waals surface area contributed by atoms with Gasteiger partial charge in [0.2, 0.25) is 0 Å². The zero-order valence-electron chi connectivity index (χ0n) is 15.3. The number of hydrogen-bond donors (Lipinski definition) is 0. The Hall–Kier alpha value is -0.260. The van der Waals surface area contributed by atoms with Gasteiger partial charge in [0.1, 0.15) is 0 Å². The van der Waals surface area contributed by atoms with Crippen LogP contribution in [0.5, 0.6) is 0 Å². The zero-order chi connectivity index (χ0) is 15.4. The molecule has 4 aliphatic carbocycles. The van der Waals surface area contributed by atoms with Gasteiger partial charge in [-0.2, -0.15) is 0 Å². The summed E-state index contributed by atoms with van der Waals surface area (Å²) in [5.74, 6) is 2.16. The smallest absolute Gasteiger partial charge is 0.00851 e. The Morgan fingerprint density at radius 2 is 1.64 bits per heavy atom. The lowest BCUT2D eigenvalue weighted by Crippen LogP contribution is -2.27. The minimum atomic E-state index is 0.677. The highest BCUT2D eigenvalue weighted by atomic mass is 14.5. The third-order valence-electron chi connectivity index (χ3n) is 7.14. The predicted octanol–water partition coefficient (Wildman–Crippen LogP) is 7.43. The Bertz CT molecular complexity index is 375. The molecule has 0 aromatic rings. The highest BCUT2D eigenvalue weighted by molar-refractivity contribution is 5.31. The molecule has 0 nitrogen and oxygen atoms in total. The van der Waals surface area contributed by atoms with Crippen molar-refractivity contribution in [3.05, 3.63) is 11.1 Å². The average Bonchev–Trinajstić information content (AvgIpc) is 3.38. The molecule has 4 rings (SSSR count). The number of unbranched alkanes of at least 4 members (excludes halogenated alkanes) is 3. The molecule has 1 unspecified atom stereocenters. The molecule has 0 saturated heterocycles. The minimum absolute atomic E-state index is 0.677. The molecule has 0 heteroatoms. The van der Waals surface area contributed by atoms with E-state index in [1.54, 1.807) is 44.9 Å². The SMILES string of the molecule is CCCCCCC1CCC2(C(CCC)=C3CC3)CCC1CC2. The normalized spacial score (nSPS) is 33.8. The van der Waals surface area contributed by atoms with Gasteiger partial charge in [0.05, 0.1) is 0 Å². The third kappa shape index (κ3) is 3.62. The fraction of sp³-hybridized carbons (Fsp3) is 0.909. The van der Waals surface area contributed by atoms with E-state index in [2.05, 4.69) is 13.8 Å². The summed E-state index contributed by atoms with van der Waals surface area (Å²) in [6.45, 7) is 4.72. The number of rotatable bonds is 8. The van der Waals surface area contributed by atoms with E-state index in [9.17, 15) is 0 Å². The summed E-state index contributed by atoms with van der Waals surface area (Å²) in [7, 11) is 0. The molecule has 0 radical (unpaired) electrons. The quantitative estimate of drug-likeness (QED) is 0.323. The first-order chi connectivity index (χ1) is 10.8. The summed E-state index contributed by atoms with van der Waals surface area (Å²) in [6.07, 6.45) is 22.3. The first-order valence-corrected chi connectivity index (χ1v) is 10.5. The van der Waals surface area contributed by atoms with Crippen molar-refractivity contribution in [1.82, 2.24) is 0 Å². The topological polar surface area (TPSA) is 0 Å². The van der Waals surface area contributed by atoms with E-state index >= 15 is 0 Å². The van der Waals surface area contributed by atoms with Crippen LogP contribution in [0.15, 0.2) is 11.1 Å². The predicted molar refractivity (Wildman–Crippen MR) is 97.0 cm³/mol. The second kappa shape index (κ2) is 7.54. The van der Waals surface area contributed by atoms with E-state index in [0.717, 1.165) is 11.8 Å². The standard InChI is InChI=1S/C22H38/c1-3-5-6-7-9-18-12-15-22(16-13-19(18)14-17-22)21(8-4-2)20-10-11-20/h18-19H,3-17H2,1-2H3. The van der Waals surface area contributed by atoms with E-state index in [4.69, 9.17) is 0 Å². The van der Waals surface area contributed by atoms with Gasteiger partial charge in [-0.25, -0.2) is 0 Å². The van der Waals surface area contributed by atoms with Crippen LogP contribution < -0.4 is 0 Å². The van der Waals surface area contributed by atoms with Crippen LogP contribution in [0.4, 0.5) is 0 Å². The average molecular weight is 303 g/mol. The molecular formula is C22H38. The first-order valence-electron chi connectivity index (χ1n) is 10.5. The molecule has 0 amide bonds. The molecule has 4 aliphatic rings. The van der Waals surface area contributed by atoms with Crippen LogP contribution in [0.3, 0.4) is 0 Å². The van der Waals surface area contributed by atoms with Gasteiger partial charge >= 0.3 is 0 Å². The Balaban J connectivity index is 1.63. The highest BCUT2D eigenvalue weighted by Gasteiger charge is 2.44. The van der Waals surface area contributed by atoms with Crippen molar-refractivity contribution in [2.45, 2.75) is 110 Å². The van der Waals surface area contributed by atoms with E-state index < -0.39 is 0 Å². The monoisotopic (exact) mass is 302 g/mol. The van der Waals surface area contributed by atoms with Crippen LogP contribution in [0.2, 0.25) is 0 Å². The molecule has 22 heavy (non-hydrogen) atoms. The summed E-state index contributed by atoms with van der Waals surface area (Å²) in [4.78, 5) is 0. The molecule has 0 aliphatic heterocycles. The summed E-state index contributed by atoms with van der Waals surface area (Å²) in [5, 5.41) is 0. The Kier molecular flexibility index (Phi) is 5.69. The van der Waals surface area contributed by atoms with Gasteiger partial charge in [0, 0.05) is 0 Å². The summed E-state index contributed by atoms with van der Waals surface area (Å²) >= 11 is 0. The van der Waals surface area contributed by atoms with Crippen molar-refractivity contribution in [3.8, 4) is 0 Å². The van der Waals surface area contributed by atoms with Gasteiger partial charge < -0.3 is 0 Å². The fourth-order valence-corrected chi connectivity index (χ4v) is 5.71. The minimum Gasteiger partial charge on any atom is -0.0698 e. The molecule has 0 heterocycles. The number of hydrogen-bond acceptors (Lipinski definition) is 0. The number of fused-ring (bicyclic) bond motifs is 4. The van der Waals surface area contributed by atoms with E-state index in [-0.39, 0.29) is 0 Å². The van der Waals surface area contributed by atoms with Crippen molar-refractivity contribution in [2.75, 3.05) is 0 Å². The van der Waals surface area contributed by atoms with Crippen molar-refractivity contribution < 1.29 is 0 Å². The van der Waals surface area contributed by atoms with Gasteiger partial charge in [-0.05, 0) is 75.0 Å². The maximum absolute atomic E-state index is 2.39. The zero-order valence-corrected chi connectivity index (χ0v) is 15.3. The lowest BCUT2D eigenvalue weighted by Gasteiger charge is -2.40. The molecule has 0 spiro atoms. The van der Waals surface area contributed by atoms with Crippen molar-refractivity contribution >= 4 is 0 Å². The lowest BCUT2D eigenvalue weighted by molar-refractivity contribution is 0.190. The van der Waals surface area contributed by atoms with E-state index in [0.29, 0.717) is 5.41 Å². The van der Waals surface area contributed by atoms with Gasteiger partial charge in [-0.3, -0.25) is 0 Å². The van der Waals surface area contributed by atoms with Crippen LogP contribution in [0, 0.1) is 17.3 Å². The molecule has 0 aromatic carbocycles. The molecule has 0 aromatic heterocycles. The van der Waals surface area contributed by atoms with Crippen LogP contribution in [-0.2, 0) is 0 Å². The molecule has 4 saturated carbocycles. The number of allylic oxidation sites excluding steroid dienone is 2. The van der Waals surface area contributed by atoms with Crippen molar-refractivity contribution in [3.63, 3.8) is 0 Å². The van der Waals surface area contributed by atoms with Crippen LogP contribution in [0.1, 0.15) is 110 Å². The van der Waals surface area contributed by atoms with Crippen LogP contribution in [-0.4, -0.2) is 0 Å². The van der Waals surface area contributed by atoms with Crippen molar-refractivity contribution in [2.24, 2.45) is 17.3 Å². The molecular weight excluding hydrogens is 264 g/mol. The Morgan fingerprint density at radius 3 is 2.27 bits per heavy atom. The fourth-order valence-electron chi connectivity index (χ4n) is 5.71. The Labute approximate surface area is 139 Å². The maximum atomic E-state index is 2.39. The molecule has 1 atom stereocenters. The summed E-state index contributed by atoms with van der Waals surface area (Å²) in [5.41, 5.74) is 4.54. The third-order valence-corrected chi connectivity index (χ3v) is 7.14. The van der Waals surface area contributed by atoms with E-state index in [1.807, 2.05) is 11.1 Å². The van der Waals surface area contributed by atoms with Gasteiger partial charge in [-0.15, -0.1) is 0 Å². The van der Waals surface area contributed by atoms with Crippen molar-refractivity contribution in [1.29, 1.82) is 0 Å². The first kappa shape index (κ1) is 16.6. The van der Waals surface area contributed by atoms with Gasteiger partial charge in [-0.1, -0.05) is 63.5 Å². The van der Waals surface area contributed by atoms with Crippen LogP contribution >= 0.6 is 0 Å². The second-order valence-electron chi connectivity index (χ2n) is 8.60. The molecule has 4 fully saturated rings. The highest BCUT2D eigenvalue weighted by Crippen LogP contribution is 2.58. The lowest BCUT2D eigenvalue weighted by atomic mass is 9.65. The van der Waals surface area contributed by atoms with Crippen LogP contribution in [0.25, 0.3) is 0 Å². The largest absolute Gasteiger partial charge is 0.0698 e. The Morgan fingerprint density at radius 1 is 0.909 bits per heavy atom. The summed E-state index contributed by atoms with van der Waals surface area (Å²) < 4.78 is 0. The summed E-state index contributed by atoms with van der Waals surface area (Å²) in [6, 6.07) is 0.